The molecule has 0 aromatic heterocycles. The van der Waals surface area contributed by atoms with Crippen molar-refractivity contribution >= 4 is 0 Å². The molecule has 0 saturated carbocycles. The third-order valence-electron chi connectivity index (χ3n) is 3.25. The van der Waals surface area contributed by atoms with Crippen LogP contribution in [0.2, 0.25) is 0 Å². The smallest absolute Gasteiger partial charge is 0.133 e. The lowest BCUT2D eigenvalue weighted by Gasteiger charge is -2.23. The Hall–Kier alpha value is -1.04. The quantitative estimate of drug-likeness (QED) is 0.627. The van der Waals surface area contributed by atoms with Crippen LogP contribution in [-0.4, -0.2) is 13.2 Å². The molecule has 94 valence electrons. The molecule has 1 heterocycles. The first-order valence-corrected chi connectivity index (χ1v) is 5.63. The summed E-state index contributed by atoms with van der Waals surface area (Å²) in [5.41, 5.74) is 2.94. The second kappa shape index (κ2) is 5.08. The number of hydrazine groups is 1. The topological polar surface area (TPSA) is 47.3 Å². The highest BCUT2D eigenvalue weighted by Gasteiger charge is 2.30. The zero-order chi connectivity index (χ0) is 12.4. The largest absolute Gasteiger partial charge is 0.381 e. The van der Waals surface area contributed by atoms with Gasteiger partial charge in [-0.15, -0.1) is 0 Å². The molecule has 0 spiro atoms. The van der Waals surface area contributed by atoms with Gasteiger partial charge in [-0.2, -0.15) is 0 Å². The van der Waals surface area contributed by atoms with Gasteiger partial charge in [-0.1, -0.05) is 6.07 Å². The summed E-state index contributed by atoms with van der Waals surface area (Å²) in [6, 6.07) is 2.15. The Balaban J connectivity index is 2.39. The van der Waals surface area contributed by atoms with Crippen molar-refractivity contribution in [1.82, 2.24) is 5.43 Å². The molecular weight excluding hydrogens is 226 g/mol. The van der Waals surface area contributed by atoms with E-state index >= 15 is 0 Å². The van der Waals surface area contributed by atoms with E-state index in [0.29, 0.717) is 18.8 Å². The lowest BCUT2D eigenvalue weighted by atomic mass is 9.91. The zero-order valence-electron chi connectivity index (χ0n) is 9.67. The van der Waals surface area contributed by atoms with Crippen molar-refractivity contribution in [3.8, 4) is 0 Å². The van der Waals surface area contributed by atoms with Crippen LogP contribution >= 0.6 is 0 Å². The van der Waals surface area contributed by atoms with Gasteiger partial charge >= 0.3 is 0 Å². The molecule has 0 bridgehead atoms. The average molecular weight is 242 g/mol. The number of hydrogen-bond donors (Lipinski definition) is 2. The number of aryl methyl sites for hydroxylation is 1. The van der Waals surface area contributed by atoms with Crippen LogP contribution in [0.15, 0.2) is 12.1 Å². The van der Waals surface area contributed by atoms with E-state index < -0.39 is 17.7 Å². The van der Waals surface area contributed by atoms with E-state index in [-0.39, 0.29) is 11.5 Å². The van der Waals surface area contributed by atoms with Gasteiger partial charge in [0.1, 0.15) is 11.6 Å². The van der Waals surface area contributed by atoms with Gasteiger partial charge in [0.05, 0.1) is 12.6 Å². The van der Waals surface area contributed by atoms with E-state index in [1.165, 1.54) is 12.1 Å². The first-order valence-electron chi connectivity index (χ1n) is 5.63. The molecular formula is C12H16F2N2O. The Morgan fingerprint density at radius 3 is 2.82 bits per heavy atom. The maximum Gasteiger partial charge on any atom is 0.133 e. The third-order valence-corrected chi connectivity index (χ3v) is 3.25. The minimum atomic E-state index is -0.567. The van der Waals surface area contributed by atoms with Gasteiger partial charge in [-0.05, 0) is 25.0 Å². The summed E-state index contributed by atoms with van der Waals surface area (Å²) in [6.45, 7) is 2.69. The molecule has 1 fully saturated rings. The highest BCUT2D eigenvalue weighted by molar-refractivity contribution is 5.29. The van der Waals surface area contributed by atoms with Crippen molar-refractivity contribution in [2.75, 3.05) is 13.2 Å². The summed E-state index contributed by atoms with van der Waals surface area (Å²) < 4.78 is 33.0. The van der Waals surface area contributed by atoms with Crippen LogP contribution in [0.3, 0.4) is 0 Å². The molecule has 0 aliphatic carbocycles. The molecule has 0 amide bonds. The number of ether oxygens (including phenoxy) is 1. The first-order chi connectivity index (χ1) is 8.15. The number of rotatable bonds is 3. The van der Waals surface area contributed by atoms with Gasteiger partial charge in [0.15, 0.2) is 0 Å². The molecule has 2 rings (SSSR count). The molecule has 2 atom stereocenters. The fraction of sp³-hybridized carbons (Fsp3) is 0.500. The maximum absolute atomic E-state index is 14.0. The fourth-order valence-corrected chi connectivity index (χ4v) is 2.23. The number of benzene rings is 1. The van der Waals surface area contributed by atoms with Crippen molar-refractivity contribution in [2.45, 2.75) is 19.4 Å². The van der Waals surface area contributed by atoms with Crippen molar-refractivity contribution in [1.29, 1.82) is 0 Å². The Bertz CT molecular complexity index is 406. The lowest BCUT2D eigenvalue weighted by Crippen LogP contribution is -2.35. The maximum atomic E-state index is 14.0. The van der Waals surface area contributed by atoms with Crippen molar-refractivity contribution < 1.29 is 13.5 Å². The van der Waals surface area contributed by atoms with Crippen LogP contribution in [0.5, 0.6) is 0 Å². The Morgan fingerprint density at radius 2 is 2.24 bits per heavy atom. The monoisotopic (exact) mass is 242 g/mol. The van der Waals surface area contributed by atoms with Crippen LogP contribution in [0, 0.1) is 24.5 Å². The average Bonchev–Trinajstić information content (AvgIpc) is 2.83. The molecule has 3 nitrogen and oxygen atoms in total. The van der Waals surface area contributed by atoms with Crippen molar-refractivity contribution in [3.63, 3.8) is 0 Å². The predicted octanol–water partition coefficient (Wildman–Crippen LogP) is 1.81. The van der Waals surface area contributed by atoms with E-state index in [4.69, 9.17) is 10.6 Å². The molecule has 2 unspecified atom stereocenters. The second-order valence-corrected chi connectivity index (χ2v) is 4.36. The molecule has 1 aliphatic heterocycles. The normalized spacial score (nSPS) is 21.8. The van der Waals surface area contributed by atoms with Crippen LogP contribution < -0.4 is 11.3 Å². The second-order valence-electron chi connectivity index (χ2n) is 4.36. The zero-order valence-corrected chi connectivity index (χ0v) is 9.67. The minimum Gasteiger partial charge on any atom is -0.381 e. The van der Waals surface area contributed by atoms with Crippen molar-refractivity contribution in [2.24, 2.45) is 11.8 Å². The summed E-state index contributed by atoms with van der Waals surface area (Å²) >= 11 is 0. The summed E-state index contributed by atoms with van der Waals surface area (Å²) in [5.74, 6) is 4.34. The molecule has 17 heavy (non-hydrogen) atoms. The third kappa shape index (κ3) is 2.31. The van der Waals surface area contributed by atoms with Gasteiger partial charge in [-0.25, -0.2) is 8.78 Å². The molecule has 0 radical (unpaired) electrons. The minimum absolute atomic E-state index is 0.00537. The van der Waals surface area contributed by atoms with Crippen LogP contribution in [-0.2, 0) is 4.74 Å². The van der Waals surface area contributed by atoms with Crippen LogP contribution in [0.1, 0.15) is 23.6 Å². The molecule has 1 aromatic carbocycles. The number of nitrogens with two attached hydrogens (primary N) is 1. The number of nitrogens with one attached hydrogen (secondary N) is 1. The molecule has 1 aromatic rings. The van der Waals surface area contributed by atoms with E-state index in [9.17, 15) is 8.78 Å². The van der Waals surface area contributed by atoms with Gasteiger partial charge < -0.3 is 4.74 Å². The highest BCUT2D eigenvalue weighted by Crippen LogP contribution is 2.32. The van der Waals surface area contributed by atoms with Crippen LogP contribution in [0.25, 0.3) is 0 Å². The first kappa shape index (κ1) is 12.4. The Kier molecular flexibility index (Phi) is 3.71. The van der Waals surface area contributed by atoms with Crippen LogP contribution in [0.4, 0.5) is 8.78 Å². The summed E-state index contributed by atoms with van der Waals surface area (Å²) in [5, 5.41) is 0. The van der Waals surface area contributed by atoms with Gasteiger partial charge in [0.25, 0.3) is 0 Å². The highest BCUT2D eigenvalue weighted by atomic mass is 19.1. The SMILES string of the molecule is Cc1ccc(F)c(C(NN)C2CCOC2)c1F. The number of hydrogen-bond acceptors (Lipinski definition) is 3. The predicted molar refractivity (Wildman–Crippen MR) is 60.1 cm³/mol. The van der Waals surface area contributed by atoms with E-state index in [1.54, 1.807) is 6.92 Å². The molecule has 5 heteroatoms. The standard InChI is InChI=1S/C12H16F2N2O/c1-7-2-3-9(13)10(11(7)14)12(16-15)8-4-5-17-6-8/h2-3,8,12,16H,4-6,15H2,1H3. The Morgan fingerprint density at radius 1 is 1.47 bits per heavy atom. The van der Waals surface area contributed by atoms with Gasteiger partial charge in [-0.3, -0.25) is 11.3 Å². The summed E-state index contributed by atoms with van der Waals surface area (Å²) in [7, 11) is 0. The van der Waals surface area contributed by atoms with E-state index in [0.717, 1.165) is 6.42 Å². The van der Waals surface area contributed by atoms with E-state index in [2.05, 4.69) is 5.43 Å². The molecule has 1 saturated heterocycles. The van der Waals surface area contributed by atoms with E-state index in [1.807, 2.05) is 0 Å². The molecule has 3 N–H and O–H groups in total. The molecule has 1 aliphatic rings. The lowest BCUT2D eigenvalue weighted by molar-refractivity contribution is 0.175. The van der Waals surface area contributed by atoms with Gasteiger partial charge in [0.2, 0.25) is 0 Å². The summed E-state index contributed by atoms with van der Waals surface area (Å²) in [6.07, 6.45) is 0.752. The number of halogens is 2. The van der Waals surface area contributed by atoms with Crippen molar-refractivity contribution in [3.05, 3.63) is 34.9 Å². The van der Waals surface area contributed by atoms with Gasteiger partial charge in [0, 0.05) is 18.1 Å². The fourth-order valence-electron chi connectivity index (χ4n) is 2.23. The Labute approximate surface area is 98.9 Å². The summed E-state index contributed by atoms with van der Waals surface area (Å²) in [4.78, 5) is 0.